The molecule has 170 valence electrons. The second-order valence-corrected chi connectivity index (χ2v) is 10.4. The van der Waals surface area contributed by atoms with Gasteiger partial charge in [0.15, 0.2) is 4.80 Å². The van der Waals surface area contributed by atoms with Gasteiger partial charge in [-0.25, -0.2) is 9.79 Å². The molecule has 1 aliphatic rings. The molecule has 7 heteroatoms. The van der Waals surface area contributed by atoms with Crippen LogP contribution in [-0.4, -0.2) is 17.6 Å². The second-order valence-electron chi connectivity index (χ2n) is 8.97. The zero-order valence-corrected chi connectivity index (χ0v) is 20.8. The van der Waals surface area contributed by atoms with Crippen LogP contribution in [0.15, 0.2) is 69.6 Å². The first kappa shape index (κ1) is 23.2. The third-order valence-electron chi connectivity index (χ3n) is 5.70. The number of nitrogens with zero attached hydrogens (tertiary/aromatic N) is 2. The van der Waals surface area contributed by atoms with Crippen molar-refractivity contribution in [3.8, 4) is 0 Å². The predicted molar refractivity (Wildman–Crippen MR) is 132 cm³/mol. The number of hydrogen-bond acceptors (Lipinski definition) is 5. The number of carbonyl (C=O) groups excluding carboxylic acids is 1. The van der Waals surface area contributed by atoms with Crippen molar-refractivity contribution in [1.82, 2.24) is 4.57 Å². The Morgan fingerprint density at radius 3 is 2.42 bits per heavy atom. The zero-order valence-electron chi connectivity index (χ0n) is 19.2. The molecule has 0 aliphatic carbocycles. The van der Waals surface area contributed by atoms with E-state index in [9.17, 15) is 9.59 Å². The number of ether oxygens (including phenoxy) is 1. The third kappa shape index (κ3) is 4.33. The minimum Gasteiger partial charge on any atom is -0.466 e. The lowest BCUT2D eigenvalue weighted by molar-refractivity contribution is -0.136. The molecule has 4 rings (SSSR count). The monoisotopic (exact) mass is 480 g/mol. The number of aromatic nitrogens is 1. The fourth-order valence-electron chi connectivity index (χ4n) is 3.91. The van der Waals surface area contributed by atoms with Gasteiger partial charge in [0.2, 0.25) is 0 Å². The maximum Gasteiger partial charge on any atom is 0.338 e. The highest BCUT2D eigenvalue weighted by atomic mass is 35.5. The van der Waals surface area contributed by atoms with Crippen molar-refractivity contribution in [3.63, 3.8) is 0 Å². The number of carbonyl (C=O) groups is 1. The summed E-state index contributed by atoms with van der Waals surface area (Å²) in [5.41, 5.74) is 3.43. The summed E-state index contributed by atoms with van der Waals surface area (Å²) in [6.07, 6.45) is 1.86. The van der Waals surface area contributed by atoms with Crippen LogP contribution >= 0.6 is 22.9 Å². The Morgan fingerprint density at radius 1 is 1.15 bits per heavy atom. The number of benzene rings is 2. The summed E-state index contributed by atoms with van der Waals surface area (Å²) in [4.78, 5) is 31.4. The fraction of sp³-hybridized carbons (Fsp3) is 0.269. The Labute approximate surface area is 201 Å². The Morgan fingerprint density at radius 2 is 1.82 bits per heavy atom. The van der Waals surface area contributed by atoms with E-state index in [0.717, 1.165) is 5.56 Å². The molecular weight excluding hydrogens is 456 g/mol. The van der Waals surface area contributed by atoms with E-state index in [1.807, 2.05) is 36.4 Å². The van der Waals surface area contributed by atoms with Crippen LogP contribution in [0.3, 0.4) is 0 Å². The van der Waals surface area contributed by atoms with Crippen LogP contribution in [0.25, 0.3) is 6.08 Å². The van der Waals surface area contributed by atoms with Gasteiger partial charge in [0.1, 0.15) is 6.04 Å². The van der Waals surface area contributed by atoms with Crippen molar-refractivity contribution in [2.45, 2.75) is 39.2 Å². The molecule has 1 aliphatic heterocycles. The van der Waals surface area contributed by atoms with Crippen molar-refractivity contribution in [2.75, 3.05) is 7.11 Å². The number of allylic oxidation sites excluding steroid dienone is 1. The van der Waals surface area contributed by atoms with Gasteiger partial charge < -0.3 is 4.74 Å². The summed E-state index contributed by atoms with van der Waals surface area (Å²) in [5.74, 6) is -0.534. The second kappa shape index (κ2) is 8.76. The van der Waals surface area contributed by atoms with Gasteiger partial charge >= 0.3 is 5.97 Å². The minimum absolute atomic E-state index is 0.0502. The number of methoxy groups -OCH3 is 1. The lowest BCUT2D eigenvalue weighted by Gasteiger charge is -2.25. The number of esters is 1. The van der Waals surface area contributed by atoms with Gasteiger partial charge in [-0.2, -0.15) is 0 Å². The van der Waals surface area contributed by atoms with E-state index < -0.39 is 12.0 Å². The van der Waals surface area contributed by atoms with Crippen LogP contribution in [-0.2, 0) is 14.9 Å². The van der Waals surface area contributed by atoms with Gasteiger partial charge in [-0.15, -0.1) is 0 Å². The summed E-state index contributed by atoms with van der Waals surface area (Å²) in [6.45, 7) is 8.24. The molecule has 3 aromatic rings. The Hall–Kier alpha value is -2.96. The molecular formula is C26H25ClN2O3S. The SMILES string of the molecule is COC(=O)C1=C(C)N=c2s/c(=C\c3ccc(C(C)(C)C)cc3)c(=O)n2[C@H]1c1ccccc1Cl. The van der Waals surface area contributed by atoms with Crippen LogP contribution in [0, 0.1) is 0 Å². The van der Waals surface area contributed by atoms with E-state index in [2.05, 4.69) is 37.9 Å². The molecule has 33 heavy (non-hydrogen) atoms. The summed E-state index contributed by atoms with van der Waals surface area (Å²) < 4.78 is 7.11. The first-order valence-corrected chi connectivity index (χ1v) is 11.8. The summed E-state index contributed by atoms with van der Waals surface area (Å²) in [6, 6.07) is 14.7. The third-order valence-corrected chi connectivity index (χ3v) is 7.03. The summed E-state index contributed by atoms with van der Waals surface area (Å²) >= 11 is 7.80. The van der Waals surface area contributed by atoms with Crippen molar-refractivity contribution < 1.29 is 9.53 Å². The van der Waals surface area contributed by atoms with E-state index in [0.29, 0.717) is 31.2 Å². The molecule has 0 amide bonds. The smallest absolute Gasteiger partial charge is 0.338 e. The van der Waals surface area contributed by atoms with E-state index in [4.69, 9.17) is 16.3 Å². The number of fused-ring (bicyclic) bond motifs is 1. The average Bonchev–Trinajstić information content (AvgIpc) is 3.07. The van der Waals surface area contributed by atoms with Gasteiger partial charge in [0, 0.05) is 5.02 Å². The van der Waals surface area contributed by atoms with E-state index in [1.165, 1.54) is 24.0 Å². The number of rotatable bonds is 3. The molecule has 0 fully saturated rings. The van der Waals surface area contributed by atoms with Gasteiger partial charge in [-0.1, -0.05) is 86.2 Å². The first-order valence-electron chi connectivity index (χ1n) is 10.6. The molecule has 1 aromatic heterocycles. The standard InChI is InChI=1S/C26H25ClN2O3S/c1-15-21(24(31)32-5)22(18-8-6-7-9-19(18)27)29-23(30)20(33-25(29)28-15)14-16-10-12-17(13-11-16)26(2,3)4/h6-14,22H,1-5H3/b20-14-/t22-/m0/s1. The molecule has 1 atom stereocenters. The molecule has 2 heterocycles. The van der Waals surface area contributed by atoms with Gasteiger partial charge in [-0.3, -0.25) is 9.36 Å². The lowest BCUT2D eigenvalue weighted by atomic mass is 9.87. The molecule has 0 saturated carbocycles. The van der Waals surface area contributed by atoms with Crippen LogP contribution in [0.2, 0.25) is 5.02 Å². The molecule has 2 aromatic carbocycles. The highest BCUT2D eigenvalue weighted by molar-refractivity contribution is 7.07. The fourth-order valence-corrected chi connectivity index (χ4v) is 5.20. The Bertz CT molecular complexity index is 1440. The van der Waals surface area contributed by atoms with Crippen LogP contribution < -0.4 is 14.9 Å². The zero-order chi connectivity index (χ0) is 23.9. The molecule has 0 unspecified atom stereocenters. The van der Waals surface area contributed by atoms with E-state index in [1.54, 1.807) is 17.6 Å². The Balaban J connectivity index is 1.92. The Kier molecular flexibility index (Phi) is 6.16. The number of thiazole rings is 1. The quantitative estimate of drug-likeness (QED) is 0.523. The molecule has 5 nitrogen and oxygen atoms in total. The maximum atomic E-state index is 13.6. The maximum absolute atomic E-state index is 13.6. The molecule has 0 saturated heterocycles. The van der Waals surface area contributed by atoms with Crippen molar-refractivity contribution in [1.29, 1.82) is 0 Å². The summed E-state index contributed by atoms with van der Waals surface area (Å²) in [7, 11) is 1.32. The first-order chi connectivity index (χ1) is 15.6. The number of halogens is 1. The van der Waals surface area contributed by atoms with Gasteiger partial charge in [-0.05, 0) is 41.2 Å². The topological polar surface area (TPSA) is 60.7 Å². The molecule has 0 radical (unpaired) electrons. The highest BCUT2D eigenvalue weighted by Gasteiger charge is 2.34. The lowest BCUT2D eigenvalue weighted by Crippen LogP contribution is -2.39. The highest BCUT2D eigenvalue weighted by Crippen LogP contribution is 2.34. The predicted octanol–water partition coefficient (Wildman–Crippen LogP) is 4.36. The minimum atomic E-state index is -0.715. The molecule has 0 N–H and O–H groups in total. The van der Waals surface area contributed by atoms with Crippen molar-refractivity contribution in [3.05, 3.63) is 101 Å². The molecule has 0 spiro atoms. The van der Waals surface area contributed by atoms with Crippen LogP contribution in [0.1, 0.15) is 50.4 Å². The van der Waals surface area contributed by atoms with E-state index in [-0.39, 0.29) is 11.0 Å². The molecule has 0 bridgehead atoms. The van der Waals surface area contributed by atoms with Gasteiger partial charge in [0.25, 0.3) is 5.56 Å². The largest absolute Gasteiger partial charge is 0.466 e. The van der Waals surface area contributed by atoms with Gasteiger partial charge in [0.05, 0.1) is 22.9 Å². The average molecular weight is 481 g/mol. The summed E-state index contributed by atoms with van der Waals surface area (Å²) in [5, 5.41) is 0.464. The van der Waals surface area contributed by atoms with Crippen LogP contribution in [0.4, 0.5) is 0 Å². The van der Waals surface area contributed by atoms with E-state index >= 15 is 0 Å². The van der Waals surface area contributed by atoms with Crippen molar-refractivity contribution in [2.24, 2.45) is 4.99 Å². The number of hydrogen-bond donors (Lipinski definition) is 0. The van der Waals surface area contributed by atoms with Crippen molar-refractivity contribution >= 4 is 35.0 Å². The normalized spacial score (nSPS) is 16.4. The van der Waals surface area contributed by atoms with Crippen LogP contribution in [0.5, 0.6) is 0 Å².